The van der Waals surface area contributed by atoms with Crippen LogP contribution < -0.4 is 9.30 Å². The Labute approximate surface area is 169 Å². The summed E-state index contributed by atoms with van der Waals surface area (Å²) in [6.07, 6.45) is 5.14. The lowest BCUT2D eigenvalue weighted by atomic mass is 9.97. The second-order valence-electron chi connectivity index (χ2n) is 6.87. The highest BCUT2D eigenvalue weighted by Crippen LogP contribution is 2.41. The third-order valence-electron chi connectivity index (χ3n) is 5.09. The second kappa shape index (κ2) is 7.13. The predicted octanol–water partition coefficient (Wildman–Crippen LogP) is 4.91. The Morgan fingerprint density at radius 1 is 1.23 bits per heavy atom. The molecule has 5 rings (SSSR count). The molecule has 26 heavy (non-hydrogen) atoms. The van der Waals surface area contributed by atoms with E-state index < -0.39 is 0 Å². The average molecular weight is 448 g/mol. The molecule has 0 fully saturated rings. The van der Waals surface area contributed by atoms with E-state index in [2.05, 4.69) is 50.8 Å². The normalized spacial score (nSPS) is 18.6. The van der Waals surface area contributed by atoms with Crippen LogP contribution in [0.4, 0.5) is 0 Å². The van der Waals surface area contributed by atoms with Gasteiger partial charge in [0, 0.05) is 16.0 Å². The van der Waals surface area contributed by atoms with Gasteiger partial charge in [-0.05, 0) is 53.6 Å². The van der Waals surface area contributed by atoms with Gasteiger partial charge in [0.25, 0.3) is 5.88 Å². The fourth-order valence-corrected chi connectivity index (χ4v) is 6.42. The van der Waals surface area contributed by atoms with Crippen molar-refractivity contribution in [1.29, 1.82) is 0 Å². The molecule has 0 spiro atoms. The summed E-state index contributed by atoms with van der Waals surface area (Å²) in [5.74, 6) is 1.98. The van der Waals surface area contributed by atoms with Gasteiger partial charge in [-0.25, -0.2) is 0 Å². The van der Waals surface area contributed by atoms with Crippen molar-refractivity contribution < 1.29 is 9.30 Å². The second-order valence-corrected chi connectivity index (χ2v) is 9.54. The predicted molar refractivity (Wildman–Crippen MR) is 111 cm³/mol. The van der Waals surface area contributed by atoms with Crippen molar-refractivity contribution in [3.05, 3.63) is 46.3 Å². The first-order valence-corrected chi connectivity index (χ1v) is 12.0. The maximum Gasteiger partial charge on any atom is 0.364 e. The lowest BCUT2D eigenvalue weighted by Crippen LogP contribution is -2.36. The molecule has 0 amide bonds. The molecule has 1 aromatic carbocycles. The topological polar surface area (TPSA) is 26.0 Å². The van der Waals surface area contributed by atoms with Crippen molar-refractivity contribution in [3.8, 4) is 5.88 Å². The summed E-state index contributed by atoms with van der Waals surface area (Å²) in [4.78, 5) is 7.77. The molecule has 0 radical (unpaired) electrons. The van der Waals surface area contributed by atoms with Gasteiger partial charge in [0.15, 0.2) is 0 Å². The first kappa shape index (κ1) is 17.0. The van der Waals surface area contributed by atoms with Crippen LogP contribution in [0, 0.1) is 0 Å². The Balaban J connectivity index is 1.58. The number of hydrogen-bond acceptors (Lipinski definition) is 4. The fraction of sp³-hybridized carbons (Fsp3) is 0.400. The number of fused-ring (bicyclic) bond motifs is 5. The fourth-order valence-electron chi connectivity index (χ4n) is 3.81. The number of halogens is 1. The van der Waals surface area contributed by atoms with Gasteiger partial charge >= 0.3 is 5.16 Å². The smallest absolute Gasteiger partial charge is 0.364 e. The van der Waals surface area contributed by atoms with Crippen LogP contribution in [-0.4, -0.2) is 16.4 Å². The molecule has 0 saturated carbocycles. The van der Waals surface area contributed by atoms with Crippen molar-refractivity contribution in [1.82, 2.24) is 4.98 Å². The number of thiophene rings is 1. The largest absolute Gasteiger partial charge is 0.453 e. The van der Waals surface area contributed by atoms with Gasteiger partial charge in [-0.2, -0.15) is 4.57 Å². The lowest BCUT2D eigenvalue weighted by Gasteiger charge is -2.10. The van der Waals surface area contributed by atoms with E-state index in [9.17, 15) is 0 Å². The lowest BCUT2D eigenvalue weighted by molar-refractivity contribution is -0.721. The van der Waals surface area contributed by atoms with Gasteiger partial charge < -0.3 is 4.74 Å². The van der Waals surface area contributed by atoms with Crippen molar-refractivity contribution in [2.75, 3.05) is 5.33 Å². The zero-order valence-corrected chi connectivity index (χ0v) is 17.6. The Kier molecular flexibility index (Phi) is 4.67. The van der Waals surface area contributed by atoms with E-state index in [1.807, 2.05) is 23.1 Å². The van der Waals surface area contributed by atoms with Crippen molar-refractivity contribution in [2.24, 2.45) is 0 Å². The molecule has 134 valence electrons. The van der Waals surface area contributed by atoms with E-state index >= 15 is 0 Å². The molecule has 3 aromatic rings. The minimum atomic E-state index is 0.192. The highest BCUT2D eigenvalue weighted by Gasteiger charge is 2.37. The summed E-state index contributed by atoms with van der Waals surface area (Å²) < 4.78 is 8.66. The van der Waals surface area contributed by atoms with Crippen molar-refractivity contribution in [3.63, 3.8) is 0 Å². The van der Waals surface area contributed by atoms with Crippen LogP contribution in [0.3, 0.4) is 0 Å². The summed E-state index contributed by atoms with van der Waals surface area (Å²) in [6.45, 7) is 0.880. The van der Waals surface area contributed by atoms with Gasteiger partial charge in [-0.1, -0.05) is 57.6 Å². The van der Waals surface area contributed by atoms with Crippen LogP contribution in [0.15, 0.2) is 35.5 Å². The standard InChI is InChI=1S/C20H20BrN2OS2/c21-10-14-11-23-19(24-14)17-15-8-4-5-9-16(15)26-18(17)22-20(23)25-12-13-6-2-1-3-7-13/h1-3,6-7,14H,4-5,8-12H2/q+1/t14-/m0/s1. The van der Waals surface area contributed by atoms with Gasteiger partial charge in [-0.3, -0.25) is 0 Å². The first-order valence-electron chi connectivity index (χ1n) is 9.11. The molecule has 1 aliphatic heterocycles. The van der Waals surface area contributed by atoms with E-state index in [1.165, 1.54) is 47.1 Å². The van der Waals surface area contributed by atoms with E-state index in [1.54, 1.807) is 0 Å². The Bertz CT molecular complexity index is 958. The van der Waals surface area contributed by atoms with Crippen molar-refractivity contribution >= 4 is 49.2 Å². The molecule has 2 aromatic heterocycles. The molecular formula is C20H20BrN2OS2+. The van der Waals surface area contributed by atoms with E-state index in [0.717, 1.165) is 33.5 Å². The summed E-state index contributed by atoms with van der Waals surface area (Å²) >= 11 is 7.30. The highest BCUT2D eigenvalue weighted by molar-refractivity contribution is 9.09. The number of benzene rings is 1. The van der Waals surface area contributed by atoms with Gasteiger partial charge in [0.1, 0.15) is 18.0 Å². The minimum absolute atomic E-state index is 0.192. The molecule has 2 aliphatic rings. The van der Waals surface area contributed by atoms with Crippen molar-refractivity contribution in [2.45, 2.75) is 49.2 Å². The van der Waals surface area contributed by atoms with Gasteiger partial charge in [0.2, 0.25) is 4.83 Å². The highest BCUT2D eigenvalue weighted by atomic mass is 79.9. The molecule has 3 nitrogen and oxygen atoms in total. The summed E-state index contributed by atoms with van der Waals surface area (Å²) in [5.41, 5.74) is 2.83. The Hall–Kier alpha value is -1.11. The molecule has 3 heterocycles. The number of aromatic nitrogens is 2. The molecule has 0 saturated heterocycles. The van der Waals surface area contributed by atoms with Crippen LogP contribution in [0.2, 0.25) is 0 Å². The summed E-state index contributed by atoms with van der Waals surface area (Å²) in [6, 6.07) is 10.6. The number of nitrogens with zero attached hydrogens (tertiary/aromatic N) is 2. The van der Waals surface area contributed by atoms with Crippen LogP contribution >= 0.6 is 39.0 Å². The van der Waals surface area contributed by atoms with Crippen LogP contribution in [0.1, 0.15) is 28.8 Å². The summed E-state index contributed by atoms with van der Waals surface area (Å²) in [5, 5.41) is 3.22. The number of rotatable bonds is 4. The maximum atomic E-state index is 6.36. The van der Waals surface area contributed by atoms with Gasteiger partial charge in [-0.15, -0.1) is 0 Å². The van der Waals surface area contributed by atoms with Gasteiger partial charge in [0.05, 0.1) is 0 Å². The van der Waals surface area contributed by atoms with E-state index in [0.29, 0.717) is 0 Å². The van der Waals surface area contributed by atoms with Crippen LogP contribution in [0.5, 0.6) is 5.88 Å². The molecule has 0 unspecified atom stereocenters. The minimum Gasteiger partial charge on any atom is -0.453 e. The van der Waals surface area contributed by atoms with Crippen LogP contribution in [-0.2, 0) is 25.1 Å². The monoisotopic (exact) mass is 447 g/mol. The zero-order valence-electron chi connectivity index (χ0n) is 14.4. The Morgan fingerprint density at radius 3 is 2.92 bits per heavy atom. The SMILES string of the molecule is BrC[C@H]1C[n+]2c(SCc3ccccc3)nc3sc4c(c3c2O1)CCCC4. The third kappa shape index (κ3) is 2.96. The average Bonchev–Trinajstić information content (AvgIpc) is 3.27. The third-order valence-corrected chi connectivity index (χ3v) is 8.04. The quantitative estimate of drug-likeness (QED) is 0.246. The van der Waals surface area contributed by atoms with E-state index in [4.69, 9.17) is 9.72 Å². The molecular weight excluding hydrogens is 428 g/mol. The number of hydrogen-bond donors (Lipinski definition) is 0. The molecule has 1 aliphatic carbocycles. The molecule has 0 N–H and O–H groups in total. The molecule has 1 atom stereocenters. The Morgan fingerprint density at radius 2 is 2.08 bits per heavy atom. The number of ether oxygens (including phenoxy) is 1. The molecule has 6 heteroatoms. The van der Waals surface area contributed by atoms with Crippen LogP contribution in [0.25, 0.3) is 10.2 Å². The number of thioether (sulfide) groups is 1. The number of aryl methyl sites for hydroxylation is 2. The number of alkyl halides is 1. The molecule has 0 bridgehead atoms. The maximum absolute atomic E-state index is 6.36. The first-order chi connectivity index (χ1) is 12.8. The van der Waals surface area contributed by atoms with E-state index in [-0.39, 0.29) is 6.10 Å². The zero-order chi connectivity index (χ0) is 17.5. The summed E-state index contributed by atoms with van der Waals surface area (Å²) in [7, 11) is 0.